The van der Waals surface area contributed by atoms with Gasteiger partial charge in [-0.2, -0.15) is 0 Å². The van der Waals surface area contributed by atoms with Gasteiger partial charge in [0.15, 0.2) is 0 Å². The molecule has 1 aromatic carbocycles. The van der Waals surface area contributed by atoms with Crippen molar-refractivity contribution in [3.05, 3.63) is 35.4 Å². The zero-order valence-electron chi connectivity index (χ0n) is 11.7. The number of thioether (sulfide) groups is 1. The zero-order valence-corrected chi connectivity index (χ0v) is 12.5. The van der Waals surface area contributed by atoms with Gasteiger partial charge >= 0.3 is 0 Å². The number of hydrogen-bond acceptors (Lipinski definition) is 2. The normalized spacial score (nSPS) is 16.2. The van der Waals surface area contributed by atoms with Gasteiger partial charge in [-0.05, 0) is 25.3 Å². The Kier molecular flexibility index (Phi) is 5.77. The molecule has 0 aliphatic carbocycles. The molecule has 0 radical (unpaired) electrons. The SMILES string of the molecule is Cc1cccc(CSCC(=O)N2CCCCCC2)c1. The molecule has 1 saturated heterocycles. The molecular formula is C16H23NOS. The molecule has 1 aromatic rings. The highest BCUT2D eigenvalue weighted by Gasteiger charge is 2.14. The number of aryl methyl sites for hydroxylation is 1. The maximum absolute atomic E-state index is 12.1. The minimum absolute atomic E-state index is 0.319. The number of likely N-dealkylation sites (tertiary alicyclic amines) is 1. The van der Waals surface area contributed by atoms with Gasteiger partial charge in [-0.15, -0.1) is 11.8 Å². The molecule has 0 spiro atoms. The third-order valence-corrected chi connectivity index (χ3v) is 4.52. The Morgan fingerprint density at radius 2 is 1.95 bits per heavy atom. The zero-order chi connectivity index (χ0) is 13.5. The third-order valence-electron chi connectivity index (χ3n) is 3.54. The van der Waals surface area contributed by atoms with E-state index in [9.17, 15) is 4.79 Å². The maximum atomic E-state index is 12.1. The molecule has 1 amide bonds. The topological polar surface area (TPSA) is 20.3 Å². The minimum Gasteiger partial charge on any atom is -0.342 e. The van der Waals surface area contributed by atoms with Crippen molar-refractivity contribution in [2.45, 2.75) is 38.4 Å². The van der Waals surface area contributed by atoms with Crippen LogP contribution < -0.4 is 0 Å². The first-order valence-electron chi connectivity index (χ1n) is 7.17. The van der Waals surface area contributed by atoms with Gasteiger partial charge in [0.2, 0.25) is 5.91 Å². The predicted molar refractivity (Wildman–Crippen MR) is 82.4 cm³/mol. The van der Waals surface area contributed by atoms with E-state index >= 15 is 0 Å². The fourth-order valence-electron chi connectivity index (χ4n) is 2.47. The van der Waals surface area contributed by atoms with Crippen LogP contribution in [0.5, 0.6) is 0 Å². The minimum atomic E-state index is 0.319. The monoisotopic (exact) mass is 277 g/mol. The van der Waals surface area contributed by atoms with Crippen molar-refractivity contribution in [3.63, 3.8) is 0 Å². The summed E-state index contributed by atoms with van der Waals surface area (Å²) in [6.07, 6.45) is 4.91. The Balaban J connectivity index is 1.74. The number of benzene rings is 1. The largest absolute Gasteiger partial charge is 0.342 e. The van der Waals surface area contributed by atoms with Gasteiger partial charge in [0.25, 0.3) is 0 Å². The molecular weight excluding hydrogens is 254 g/mol. The Morgan fingerprint density at radius 3 is 2.63 bits per heavy atom. The first kappa shape index (κ1) is 14.4. The van der Waals surface area contributed by atoms with Crippen molar-refractivity contribution >= 4 is 17.7 Å². The van der Waals surface area contributed by atoms with Crippen LogP contribution in [0, 0.1) is 6.92 Å². The molecule has 3 heteroatoms. The van der Waals surface area contributed by atoms with Crippen LogP contribution in [0.25, 0.3) is 0 Å². The van der Waals surface area contributed by atoms with Crippen molar-refractivity contribution in [2.24, 2.45) is 0 Å². The molecule has 0 N–H and O–H groups in total. The van der Waals surface area contributed by atoms with Crippen LogP contribution in [-0.4, -0.2) is 29.6 Å². The lowest BCUT2D eigenvalue weighted by molar-refractivity contribution is -0.128. The highest BCUT2D eigenvalue weighted by Crippen LogP contribution is 2.16. The summed E-state index contributed by atoms with van der Waals surface area (Å²) in [6, 6.07) is 8.53. The first-order chi connectivity index (χ1) is 9.25. The van der Waals surface area contributed by atoms with Gasteiger partial charge in [-0.25, -0.2) is 0 Å². The van der Waals surface area contributed by atoms with Crippen molar-refractivity contribution in [1.82, 2.24) is 4.90 Å². The standard InChI is InChI=1S/C16H23NOS/c1-14-7-6-8-15(11-14)12-19-13-16(18)17-9-4-2-3-5-10-17/h6-8,11H,2-5,9-10,12-13H2,1H3. The van der Waals surface area contributed by atoms with E-state index < -0.39 is 0 Å². The van der Waals surface area contributed by atoms with Crippen LogP contribution in [0.2, 0.25) is 0 Å². The van der Waals surface area contributed by atoms with E-state index in [0.717, 1.165) is 18.8 Å². The van der Waals surface area contributed by atoms with Crippen LogP contribution in [0.3, 0.4) is 0 Å². The fourth-order valence-corrected chi connectivity index (χ4v) is 3.34. The number of rotatable bonds is 4. The van der Waals surface area contributed by atoms with Crippen molar-refractivity contribution in [2.75, 3.05) is 18.8 Å². The van der Waals surface area contributed by atoms with Crippen LogP contribution in [-0.2, 0) is 10.5 Å². The molecule has 19 heavy (non-hydrogen) atoms. The van der Waals surface area contributed by atoms with E-state index in [1.807, 2.05) is 0 Å². The van der Waals surface area contributed by atoms with Gasteiger partial charge in [-0.3, -0.25) is 4.79 Å². The lowest BCUT2D eigenvalue weighted by atomic mass is 10.2. The molecule has 0 aromatic heterocycles. The number of nitrogens with zero attached hydrogens (tertiary/aromatic N) is 1. The van der Waals surface area contributed by atoms with E-state index in [1.165, 1.54) is 36.8 Å². The number of carbonyl (C=O) groups is 1. The fraction of sp³-hybridized carbons (Fsp3) is 0.562. The van der Waals surface area contributed by atoms with E-state index in [-0.39, 0.29) is 0 Å². The van der Waals surface area contributed by atoms with E-state index in [4.69, 9.17) is 0 Å². The summed E-state index contributed by atoms with van der Waals surface area (Å²) < 4.78 is 0. The predicted octanol–water partition coefficient (Wildman–Crippen LogP) is 3.63. The maximum Gasteiger partial charge on any atom is 0.232 e. The lowest BCUT2D eigenvalue weighted by Gasteiger charge is -2.19. The van der Waals surface area contributed by atoms with Gasteiger partial charge in [0.1, 0.15) is 0 Å². The number of amides is 1. The average molecular weight is 277 g/mol. The van der Waals surface area contributed by atoms with Gasteiger partial charge in [0, 0.05) is 18.8 Å². The molecule has 1 aliphatic heterocycles. The van der Waals surface area contributed by atoms with Crippen LogP contribution in [0.1, 0.15) is 36.8 Å². The van der Waals surface area contributed by atoms with Gasteiger partial charge in [0.05, 0.1) is 5.75 Å². The summed E-state index contributed by atoms with van der Waals surface area (Å²) in [7, 11) is 0. The highest BCUT2D eigenvalue weighted by atomic mass is 32.2. The smallest absolute Gasteiger partial charge is 0.232 e. The Bertz CT molecular complexity index is 411. The lowest BCUT2D eigenvalue weighted by Crippen LogP contribution is -2.33. The van der Waals surface area contributed by atoms with E-state index in [0.29, 0.717) is 11.7 Å². The molecule has 1 heterocycles. The van der Waals surface area contributed by atoms with Crippen LogP contribution >= 0.6 is 11.8 Å². The highest BCUT2D eigenvalue weighted by molar-refractivity contribution is 7.99. The van der Waals surface area contributed by atoms with Crippen molar-refractivity contribution in [1.29, 1.82) is 0 Å². The Hall–Kier alpha value is -0.960. The first-order valence-corrected chi connectivity index (χ1v) is 8.32. The van der Waals surface area contributed by atoms with Crippen LogP contribution in [0.4, 0.5) is 0 Å². The van der Waals surface area contributed by atoms with E-state index in [1.54, 1.807) is 11.8 Å². The molecule has 104 valence electrons. The second kappa shape index (κ2) is 7.59. The van der Waals surface area contributed by atoms with Gasteiger partial charge in [-0.1, -0.05) is 42.7 Å². The molecule has 0 atom stereocenters. The Morgan fingerprint density at radius 1 is 1.21 bits per heavy atom. The second-order valence-corrected chi connectivity index (χ2v) is 6.26. The molecule has 1 fully saturated rings. The quantitative estimate of drug-likeness (QED) is 0.837. The summed E-state index contributed by atoms with van der Waals surface area (Å²) in [5.41, 5.74) is 2.60. The molecule has 1 aliphatic rings. The summed E-state index contributed by atoms with van der Waals surface area (Å²) in [5, 5.41) is 0. The molecule has 0 unspecified atom stereocenters. The van der Waals surface area contributed by atoms with Crippen LogP contribution in [0.15, 0.2) is 24.3 Å². The molecule has 0 bridgehead atoms. The summed E-state index contributed by atoms with van der Waals surface area (Å²) in [6.45, 7) is 4.03. The number of hydrogen-bond donors (Lipinski definition) is 0. The second-order valence-electron chi connectivity index (χ2n) is 5.28. The van der Waals surface area contributed by atoms with Gasteiger partial charge < -0.3 is 4.90 Å². The summed E-state index contributed by atoms with van der Waals surface area (Å²) in [5.74, 6) is 1.87. The molecule has 2 nitrogen and oxygen atoms in total. The Labute approximate surface area is 120 Å². The average Bonchev–Trinajstić information content (AvgIpc) is 2.67. The summed E-state index contributed by atoms with van der Waals surface area (Å²) >= 11 is 1.73. The molecule has 0 saturated carbocycles. The van der Waals surface area contributed by atoms with E-state index in [2.05, 4.69) is 36.1 Å². The summed E-state index contributed by atoms with van der Waals surface area (Å²) in [4.78, 5) is 14.2. The molecule has 2 rings (SSSR count). The van der Waals surface area contributed by atoms with Crippen molar-refractivity contribution < 1.29 is 4.79 Å². The number of carbonyl (C=O) groups excluding carboxylic acids is 1. The van der Waals surface area contributed by atoms with Crippen molar-refractivity contribution in [3.8, 4) is 0 Å². The third kappa shape index (κ3) is 4.90.